The maximum Gasteiger partial charge on any atom is 0.318 e. The lowest BCUT2D eigenvalue weighted by Crippen LogP contribution is -2.42. The van der Waals surface area contributed by atoms with E-state index in [4.69, 9.17) is 9.84 Å². The number of rotatable bonds is 6. The molecule has 0 radical (unpaired) electrons. The fraction of sp³-hybridized carbons (Fsp3) is 0.286. The maximum atomic E-state index is 13.6. The van der Waals surface area contributed by atoms with Crippen molar-refractivity contribution >= 4 is 6.03 Å². The molecular weight excluding hydrogens is 438 g/mol. The Morgan fingerprint density at radius 3 is 2.69 bits per heavy atom. The zero-order valence-electron chi connectivity index (χ0n) is 20.4. The summed E-state index contributed by atoms with van der Waals surface area (Å²) in [7, 11) is 0. The number of amides is 2. The van der Waals surface area contributed by atoms with Crippen LogP contribution in [0.2, 0.25) is 0 Å². The molecule has 7 nitrogen and oxygen atoms in total. The molecule has 0 saturated heterocycles. The van der Waals surface area contributed by atoms with Gasteiger partial charge in [-0.25, -0.2) is 9.48 Å². The van der Waals surface area contributed by atoms with Gasteiger partial charge >= 0.3 is 6.03 Å². The largest absolute Gasteiger partial charge is 0.494 e. The molecule has 0 bridgehead atoms. The lowest BCUT2D eigenvalue weighted by molar-refractivity contribution is 0.180. The number of aryl methyl sites for hydroxylation is 1. The van der Waals surface area contributed by atoms with Gasteiger partial charge in [-0.15, -0.1) is 0 Å². The highest BCUT2D eigenvalue weighted by atomic mass is 16.5. The average molecular weight is 470 g/mol. The molecule has 1 aliphatic heterocycles. The molecule has 0 aliphatic carbocycles. The van der Waals surface area contributed by atoms with E-state index in [2.05, 4.69) is 47.3 Å². The van der Waals surface area contributed by atoms with E-state index in [1.54, 1.807) is 0 Å². The van der Waals surface area contributed by atoms with Gasteiger partial charge in [0, 0.05) is 18.3 Å². The second-order valence-electron chi connectivity index (χ2n) is 8.71. The van der Waals surface area contributed by atoms with Crippen molar-refractivity contribution in [1.29, 1.82) is 0 Å². The van der Waals surface area contributed by atoms with Crippen LogP contribution in [0.3, 0.4) is 0 Å². The summed E-state index contributed by atoms with van der Waals surface area (Å²) in [5, 5.41) is 7.99. The molecule has 4 aromatic rings. The third-order valence-electron chi connectivity index (χ3n) is 6.36. The van der Waals surface area contributed by atoms with Gasteiger partial charge in [-0.3, -0.25) is 0 Å². The standard InChI is InChI=1S/C28H31N5O2/c1-4-16-29-28(34)32-19-24-20(3)30-33(22-12-7-6-8-13-22)27(24)31-17-10-15-25(31)26(32)21-11-9-14-23(18-21)35-5-2/h6-15,17-18,26H,4-5,16,19H2,1-3H3,(H,29,34)/t26-/m0/s1. The molecule has 0 spiro atoms. The van der Waals surface area contributed by atoms with E-state index in [1.807, 2.05) is 65.9 Å². The Kier molecular flexibility index (Phi) is 6.31. The van der Waals surface area contributed by atoms with Crippen LogP contribution in [0.4, 0.5) is 4.79 Å². The van der Waals surface area contributed by atoms with Crippen LogP contribution in [0, 0.1) is 6.92 Å². The number of para-hydroxylation sites is 1. The first-order chi connectivity index (χ1) is 17.1. The molecule has 3 heterocycles. The van der Waals surface area contributed by atoms with Crippen LogP contribution in [-0.4, -0.2) is 38.4 Å². The SMILES string of the molecule is CCCNC(=O)N1Cc2c(C)nn(-c3ccccc3)c2-n2cccc2[C@@H]1c1cccc(OCC)c1. The number of benzene rings is 2. The summed E-state index contributed by atoms with van der Waals surface area (Å²) in [5.41, 5.74) is 4.92. The highest BCUT2D eigenvalue weighted by Gasteiger charge is 2.36. The summed E-state index contributed by atoms with van der Waals surface area (Å²) in [6, 6.07) is 21.9. The molecule has 7 heteroatoms. The first-order valence-corrected chi connectivity index (χ1v) is 12.2. The summed E-state index contributed by atoms with van der Waals surface area (Å²) >= 11 is 0. The first-order valence-electron chi connectivity index (χ1n) is 12.2. The van der Waals surface area contributed by atoms with Crippen LogP contribution in [0.5, 0.6) is 5.75 Å². The van der Waals surface area contributed by atoms with Crippen LogP contribution in [0.25, 0.3) is 11.5 Å². The van der Waals surface area contributed by atoms with E-state index < -0.39 is 0 Å². The van der Waals surface area contributed by atoms with Gasteiger partial charge < -0.3 is 19.5 Å². The van der Waals surface area contributed by atoms with E-state index in [1.165, 1.54) is 0 Å². The molecule has 0 saturated carbocycles. The molecular formula is C28H31N5O2. The minimum Gasteiger partial charge on any atom is -0.494 e. The number of aromatic nitrogens is 3. The van der Waals surface area contributed by atoms with Crippen molar-refractivity contribution in [1.82, 2.24) is 24.6 Å². The summed E-state index contributed by atoms with van der Waals surface area (Å²) in [6.45, 7) is 7.69. The Morgan fingerprint density at radius 1 is 1.09 bits per heavy atom. The van der Waals surface area contributed by atoms with E-state index in [0.29, 0.717) is 19.7 Å². The topological polar surface area (TPSA) is 64.3 Å². The van der Waals surface area contributed by atoms with Gasteiger partial charge in [0.15, 0.2) is 0 Å². The molecule has 0 unspecified atom stereocenters. The van der Waals surface area contributed by atoms with Crippen LogP contribution >= 0.6 is 0 Å². The van der Waals surface area contributed by atoms with Crippen LogP contribution in [0.15, 0.2) is 72.9 Å². The zero-order chi connectivity index (χ0) is 24.4. The van der Waals surface area contributed by atoms with Crippen molar-refractivity contribution in [2.45, 2.75) is 39.8 Å². The van der Waals surface area contributed by atoms with Gasteiger partial charge in [-0.05, 0) is 62.2 Å². The monoisotopic (exact) mass is 469 g/mol. The first kappa shape index (κ1) is 22.8. The molecule has 35 heavy (non-hydrogen) atoms. The molecule has 1 aliphatic rings. The van der Waals surface area contributed by atoms with Gasteiger partial charge in [0.25, 0.3) is 0 Å². The summed E-state index contributed by atoms with van der Waals surface area (Å²) in [6.07, 6.45) is 2.93. The number of fused-ring (bicyclic) bond motifs is 3. The fourth-order valence-electron chi connectivity index (χ4n) is 4.77. The summed E-state index contributed by atoms with van der Waals surface area (Å²) in [4.78, 5) is 15.5. The van der Waals surface area contributed by atoms with Gasteiger partial charge in [0.1, 0.15) is 11.6 Å². The normalized spacial score (nSPS) is 14.7. The van der Waals surface area contributed by atoms with Crippen LogP contribution in [0.1, 0.15) is 48.8 Å². The van der Waals surface area contributed by atoms with Gasteiger partial charge in [0.2, 0.25) is 0 Å². The Labute approximate surface area is 205 Å². The zero-order valence-corrected chi connectivity index (χ0v) is 20.4. The highest BCUT2D eigenvalue weighted by Crippen LogP contribution is 2.39. The Balaban J connectivity index is 1.71. The Bertz CT molecular complexity index is 1320. The number of nitrogens with zero attached hydrogens (tertiary/aromatic N) is 4. The van der Waals surface area contributed by atoms with Gasteiger partial charge in [-0.1, -0.05) is 37.3 Å². The third-order valence-corrected chi connectivity index (χ3v) is 6.36. The van der Waals surface area contributed by atoms with E-state index in [-0.39, 0.29) is 12.1 Å². The second-order valence-corrected chi connectivity index (χ2v) is 8.71. The third kappa shape index (κ3) is 4.18. The molecule has 1 atom stereocenters. The number of hydrogen-bond acceptors (Lipinski definition) is 3. The second kappa shape index (κ2) is 9.70. The quantitative estimate of drug-likeness (QED) is 0.412. The number of urea groups is 1. The van der Waals surface area contributed by atoms with Crippen molar-refractivity contribution in [2.24, 2.45) is 0 Å². The number of carbonyl (C=O) groups excluding carboxylic acids is 1. The van der Waals surface area contributed by atoms with Crippen molar-refractivity contribution in [3.8, 4) is 17.3 Å². The minimum absolute atomic E-state index is 0.0916. The molecule has 5 rings (SSSR count). The van der Waals surface area contributed by atoms with E-state index in [9.17, 15) is 4.79 Å². The van der Waals surface area contributed by atoms with Gasteiger partial charge in [0.05, 0.1) is 36.3 Å². The van der Waals surface area contributed by atoms with Crippen molar-refractivity contribution in [2.75, 3.05) is 13.2 Å². The molecule has 2 aromatic heterocycles. The smallest absolute Gasteiger partial charge is 0.318 e. The molecule has 2 amide bonds. The number of nitrogens with one attached hydrogen (secondary N) is 1. The van der Waals surface area contributed by atoms with Crippen molar-refractivity contribution in [3.05, 3.63) is 95.4 Å². The van der Waals surface area contributed by atoms with E-state index >= 15 is 0 Å². The number of hydrogen-bond donors (Lipinski definition) is 1. The lowest BCUT2D eigenvalue weighted by Gasteiger charge is -2.31. The summed E-state index contributed by atoms with van der Waals surface area (Å²) < 4.78 is 9.96. The number of carbonyl (C=O) groups is 1. The Hall–Kier alpha value is -4.00. The number of ether oxygens (including phenoxy) is 1. The van der Waals surface area contributed by atoms with E-state index in [0.717, 1.165) is 46.2 Å². The molecule has 1 N–H and O–H groups in total. The molecule has 2 aromatic carbocycles. The molecule has 0 fully saturated rings. The van der Waals surface area contributed by atoms with Crippen molar-refractivity contribution in [3.63, 3.8) is 0 Å². The minimum atomic E-state index is -0.293. The fourth-order valence-corrected chi connectivity index (χ4v) is 4.77. The van der Waals surface area contributed by atoms with Crippen LogP contribution in [-0.2, 0) is 6.54 Å². The van der Waals surface area contributed by atoms with Crippen LogP contribution < -0.4 is 10.1 Å². The van der Waals surface area contributed by atoms with Gasteiger partial charge in [-0.2, -0.15) is 5.10 Å². The predicted molar refractivity (Wildman–Crippen MR) is 136 cm³/mol. The maximum absolute atomic E-state index is 13.6. The Morgan fingerprint density at radius 2 is 1.91 bits per heavy atom. The highest BCUT2D eigenvalue weighted by molar-refractivity contribution is 5.76. The lowest BCUT2D eigenvalue weighted by atomic mass is 10.0. The van der Waals surface area contributed by atoms with Crippen molar-refractivity contribution < 1.29 is 9.53 Å². The average Bonchev–Trinajstić information content (AvgIpc) is 3.44. The summed E-state index contributed by atoms with van der Waals surface area (Å²) in [5.74, 6) is 1.76. The molecule has 180 valence electrons. The predicted octanol–water partition coefficient (Wildman–Crippen LogP) is 5.39.